The van der Waals surface area contributed by atoms with Crippen LogP contribution in [0.5, 0.6) is 5.75 Å². The average Bonchev–Trinajstić information content (AvgIpc) is 3.13. The maximum absolute atomic E-state index is 12.4. The van der Waals surface area contributed by atoms with Crippen LogP contribution in [0, 0.1) is 6.92 Å². The van der Waals surface area contributed by atoms with E-state index >= 15 is 0 Å². The van der Waals surface area contributed by atoms with Gasteiger partial charge in [-0.15, -0.1) is 0 Å². The number of para-hydroxylation sites is 3. The van der Waals surface area contributed by atoms with E-state index in [9.17, 15) is 14.4 Å². The Morgan fingerprint density at radius 1 is 0.950 bits per heavy atom. The molecule has 208 valence electrons. The zero-order valence-corrected chi connectivity index (χ0v) is 22.8. The smallest absolute Gasteiger partial charge is 0.258 e. The van der Waals surface area contributed by atoms with Crippen molar-refractivity contribution in [2.24, 2.45) is 4.99 Å². The number of carbonyl (C=O) groups is 3. The summed E-state index contributed by atoms with van der Waals surface area (Å²) in [6.45, 7) is 2.83. The molecule has 8 nitrogen and oxygen atoms in total. The summed E-state index contributed by atoms with van der Waals surface area (Å²) in [5, 5.41) is 5.62. The Morgan fingerprint density at radius 2 is 1.73 bits per heavy atom. The van der Waals surface area contributed by atoms with Gasteiger partial charge in [-0.05, 0) is 49.6 Å². The third kappa shape index (κ3) is 8.88. The Hall–Kier alpha value is -4.30. The number of rotatable bonds is 14. The zero-order chi connectivity index (χ0) is 28.2. The van der Waals surface area contributed by atoms with E-state index in [2.05, 4.69) is 46.8 Å². The Kier molecular flexibility index (Phi) is 10.6. The molecule has 3 aromatic rings. The normalized spacial score (nSPS) is 12.5. The number of anilines is 1. The van der Waals surface area contributed by atoms with Crippen LogP contribution in [-0.4, -0.2) is 49.7 Å². The van der Waals surface area contributed by atoms with Crippen LogP contribution in [0.1, 0.15) is 42.4 Å². The molecule has 2 N–H and O–H groups in total. The van der Waals surface area contributed by atoms with E-state index in [0.717, 1.165) is 12.8 Å². The van der Waals surface area contributed by atoms with Crippen molar-refractivity contribution in [3.05, 3.63) is 89.5 Å². The number of fused-ring (bicyclic) bond motifs is 1. The predicted molar refractivity (Wildman–Crippen MR) is 155 cm³/mol. The number of aliphatic imine (C=N–C) groups is 1. The molecule has 1 heterocycles. The molecule has 0 atom stereocenters. The van der Waals surface area contributed by atoms with Gasteiger partial charge in [-0.25, -0.2) is 4.99 Å². The maximum Gasteiger partial charge on any atom is 0.258 e. The predicted octanol–water partition coefficient (Wildman–Crippen LogP) is 4.95. The average molecular weight is 542 g/mol. The van der Waals surface area contributed by atoms with Crippen molar-refractivity contribution in [1.82, 2.24) is 5.32 Å². The van der Waals surface area contributed by atoms with Gasteiger partial charge in [0.25, 0.3) is 5.91 Å². The summed E-state index contributed by atoms with van der Waals surface area (Å²) < 4.78 is 11.3. The van der Waals surface area contributed by atoms with Gasteiger partial charge in [-0.3, -0.25) is 14.4 Å². The van der Waals surface area contributed by atoms with Crippen LogP contribution in [0.15, 0.2) is 77.8 Å². The Labute approximate surface area is 234 Å². The second kappa shape index (κ2) is 14.7. The first kappa shape index (κ1) is 28.7. The van der Waals surface area contributed by atoms with Crippen molar-refractivity contribution in [3.8, 4) is 5.75 Å². The summed E-state index contributed by atoms with van der Waals surface area (Å²) in [6, 6.07) is 22.9. The first-order chi connectivity index (χ1) is 19.5. The van der Waals surface area contributed by atoms with Gasteiger partial charge < -0.3 is 20.1 Å². The van der Waals surface area contributed by atoms with Gasteiger partial charge in [0.1, 0.15) is 11.5 Å². The zero-order valence-electron chi connectivity index (χ0n) is 22.8. The fraction of sp³-hybridized carbons (Fsp3) is 0.312. The molecule has 4 rings (SSSR count). The molecule has 1 aliphatic heterocycles. The molecule has 40 heavy (non-hydrogen) atoms. The quantitative estimate of drug-likeness (QED) is 0.281. The molecule has 3 aromatic carbocycles. The molecule has 0 saturated heterocycles. The number of carbonyl (C=O) groups excluding carboxylic acids is 3. The Bertz CT molecular complexity index is 1350. The number of hydrogen-bond acceptors (Lipinski definition) is 6. The van der Waals surface area contributed by atoms with Crippen LogP contribution in [0.2, 0.25) is 0 Å². The summed E-state index contributed by atoms with van der Waals surface area (Å²) in [5.41, 5.74) is 5.03. The van der Waals surface area contributed by atoms with Crippen molar-refractivity contribution in [1.29, 1.82) is 0 Å². The van der Waals surface area contributed by atoms with Gasteiger partial charge in [-0.1, -0.05) is 54.1 Å². The lowest BCUT2D eigenvalue weighted by molar-refractivity contribution is -0.124. The molecular formula is C32H35N3O5. The Morgan fingerprint density at radius 3 is 2.58 bits per heavy atom. The largest absolute Gasteiger partial charge is 0.483 e. The lowest BCUT2D eigenvalue weighted by Crippen LogP contribution is -2.32. The van der Waals surface area contributed by atoms with E-state index in [-0.39, 0.29) is 30.6 Å². The van der Waals surface area contributed by atoms with Crippen LogP contribution in [0.25, 0.3) is 0 Å². The molecule has 0 spiro atoms. The molecule has 8 heteroatoms. The molecule has 2 amide bonds. The highest BCUT2D eigenvalue weighted by atomic mass is 16.5. The minimum absolute atomic E-state index is 0.0911. The first-order valence-corrected chi connectivity index (χ1v) is 13.6. The minimum atomic E-state index is -0.295. The van der Waals surface area contributed by atoms with Gasteiger partial charge in [0.15, 0.2) is 6.61 Å². The summed E-state index contributed by atoms with van der Waals surface area (Å²) in [7, 11) is 0. The number of nitrogens with one attached hydrogen (secondary N) is 2. The monoisotopic (exact) mass is 541 g/mol. The molecule has 0 aromatic heterocycles. The highest BCUT2D eigenvalue weighted by molar-refractivity contribution is 6.17. The van der Waals surface area contributed by atoms with Crippen molar-refractivity contribution in [3.63, 3.8) is 0 Å². The maximum atomic E-state index is 12.4. The lowest BCUT2D eigenvalue weighted by Gasteiger charge is -2.12. The summed E-state index contributed by atoms with van der Waals surface area (Å²) in [6.07, 6.45) is 2.72. The van der Waals surface area contributed by atoms with Gasteiger partial charge in [0.05, 0.1) is 36.7 Å². The third-order valence-electron chi connectivity index (χ3n) is 6.45. The first-order valence-electron chi connectivity index (χ1n) is 13.6. The van der Waals surface area contributed by atoms with Crippen LogP contribution < -0.4 is 15.4 Å². The van der Waals surface area contributed by atoms with Crippen LogP contribution >= 0.6 is 0 Å². The number of benzene rings is 3. The van der Waals surface area contributed by atoms with E-state index in [4.69, 9.17) is 9.47 Å². The molecule has 1 aliphatic rings. The molecule has 0 unspecified atom stereocenters. The molecule has 0 bridgehead atoms. The Balaban J connectivity index is 1.14. The molecule has 0 saturated carbocycles. The number of ether oxygens (including phenoxy) is 2. The molecule has 0 aliphatic carbocycles. The van der Waals surface area contributed by atoms with Gasteiger partial charge in [0.2, 0.25) is 5.91 Å². The summed E-state index contributed by atoms with van der Waals surface area (Å²) in [4.78, 5) is 41.5. The standard InChI is InChI=1S/C32H35N3O5/c1-23-13-15-24(16-14-23)7-6-8-25(36)17-19-39-20-18-33-32(38)22-40-30-12-5-2-9-26(30)29-21-31(37)35-28-11-4-3-10-27(28)34-29/h2-5,9-16H,6-8,17-22H2,1H3,(H,33,38)(H,35,37). The van der Waals surface area contributed by atoms with Crippen LogP contribution in [-0.2, 0) is 25.5 Å². The number of hydrogen-bond donors (Lipinski definition) is 2. The van der Waals surface area contributed by atoms with E-state index in [1.807, 2.05) is 36.4 Å². The number of amides is 2. The fourth-order valence-electron chi connectivity index (χ4n) is 4.31. The number of ketones is 1. The van der Waals surface area contributed by atoms with Gasteiger partial charge in [0, 0.05) is 24.9 Å². The molecular weight excluding hydrogens is 506 g/mol. The third-order valence-corrected chi connectivity index (χ3v) is 6.45. The SMILES string of the molecule is Cc1ccc(CCCC(=O)CCOCCNC(=O)COc2ccccc2C2=Nc3ccccc3NC(=O)C2)cc1. The van der Waals surface area contributed by atoms with Crippen molar-refractivity contribution in [2.45, 2.75) is 39.0 Å². The van der Waals surface area contributed by atoms with Crippen molar-refractivity contribution >= 4 is 34.7 Å². The van der Waals surface area contributed by atoms with Gasteiger partial charge in [-0.2, -0.15) is 0 Å². The summed E-state index contributed by atoms with van der Waals surface area (Å²) >= 11 is 0. The van der Waals surface area contributed by atoms with Crippen LogP contribution in [0.4, 0.5) is 11.4 Å². The number of aryl methyl sites for hydroxylation is 2. The topological polar surface area (TPSA) is 106 Å². The highest BCUT2D eigenvalue weighted by Crippen LogP contribution is 2.30. The van der Waals surface area contributed by atoms with Crippen molar-refractivity contribution < 1.29 is 23.9 Å². The van der Waals surface area contributed by atoms with Crippen LogP contribution in [0.3, 0.4) is 0 Å². The number of nitrogens with zero attached hydrogens (tertiary/aromatic N) is 1. The van der Waals surface area contributed by atoms with Crippen molar-refractivity contribution in [2.75, 3.05) is 31.7 Å². The second-order valence-electron chi connectivity index (χ2n) is 9.68. The number of Topliss-reactive ketones (excluding diaryl/α,β-unsaturated/α-hetero) is 1. The van der Waals surface area contributed by atoms with E-state index in [1.54, 1.807) is 12.1 Å². The van der Waals surface area contributed by atoms with E-state index in [1.165, 1.54) is 11.1 Å². The second-order valence-corrected chi connectivity index (χ2v) is 9.68. The molecule has 0 fully saturated rings. The minimum Gasteiger partial charge on any atom is -0.483 e. The van der Waals surface area contributed by atoms with E-state index in [0.29, 0.717) is 61.0 Å². The molecule has 0 radical (unpaired) electrons. The lowest BCUT2D eigenvalue weighted by atomic mass is 10.0. The fourth-order valence-corrected chi connectivity index (χ4v) is 4.31. The van der Waals surface area contributed by atoms with Gasteiger partial charge >= 0.3 is 0 Å². The summed E-state index contributed by atoms with van der Waals surface area (Å²) in [5.74, 6) is 0.194. The highest BCUT2D eigenvalue weighted by Gasteiger charge is 2.19. The van der Waals surface area contributed by atoms with E-state index < -0.39 is 0 Å².